The predicted octanol–water partition coefficient (Wildman–Crippen LogP) is 15.9. The second-order valence-corrected chi connectivity index (χ2v) is 18.2. The van der Waals surface area contributed by atoms with Gasteiger partial charge in [0.25, 0.3) is 0 Å². The molecule has 0 bridgehead atoms. The number of ether oxygens (including phenoxy) is 1. The molecule has 0 saturated heterocycles. The number of carbonyl (C=O) groups is 2. The van der Waals surface area contributed by atoms with Crippen LogP contribution in [-0.4, -0.2) is 47.4 Å². The number of hydrogen-bond donors (Lipinski definition) is 3. The molecule has 0 heterocycles. The molecule has 3 N–H and O–H groups in total. The summed E-state index contributed by atoms with van der Waals surface area (Å²) < 4.78 is 5.46. The average molecular weight is 846 g/mol. The second-order valence-electron chi connectivity index (χ2n) is 18.2. The fourth-order valence-electron chi connectivity index (χ4n) is 8.14. The van der Waals surface area contributed by atoms with E-state index in [9.17, 15) is 19.8 Å². The van der Waals surface area contributed by atoms with Crippen molar-refractivity contribution in [3.63, 3.8) is 0 Å². The lowest BCUT2D eigenvalue weighted by Crippen LogP contribution is -2.45. The Morgan fingerprint density at radius 1 is 0.467 bits per heavy atom. The van der Waals surface area contributed by atoms with Crippen molar-refractivity contribution in [2.45, 2.75) is 296 Å². The van der Waals surface area contributed by atoms with Crippen molar-refractivity contribution >= 4 is 11.9 Å². The number of aliphatic hydroxyl groups is 2. The molecule has 0 aromatic carbocycles. The molecule has 6 nitrogen and oxygen atoms in total. The SMILES string of the molecule is CCCCCC/C=C\C/C=C\CCCCCCCC(=O)OCCCCCCCCCCCCCCCCCC(=O)NC(CO)C(O)CCCCCCCCCCCCCC. The molecule has 0 fully saturated rings. The van der Waals surface area contributed by atoms with Crippen LogP contribution in [0.4, 0.5) is 0 Å². The number of amides is 1. The van der Waals surface area contributed by atoms with E-state index >= 15 is 0 Å². The average Bonchev–Trinajstić information content (AvgIpc) is 3.25. The molecule has 0 aliphatic rings. The van der Waals surface area contributed by atoms with Crippen LogP contribution in [0.1, 0.15) is 284 Å². The number of nitrogens with one attached hydrogen (secondary N) is 1. The van der Waals surface area contributed by atoms with Gasteiger partial charge in [-0.1, -0.05) is 237 Å². The molecule has 354 valence electrons. The van der Waals surface area contributed by atoms with E-state index < -0.39 is 12.1 Å². The largest absolute Gasteiger partial charge is 0.466 e. The second kappa shape index (κ2) is 50.0. The number of allylic oxidation sites excluding steroid dienone is 4. The maximum absolute atomic E-state index is 12.4. The van der Waals surface area contributed by atoms with Crippen LogP contribution < -0.4 is 5.32 Å². The van der Waals surface area contributed by atoms with Crippen LogP contribution in [0, 0.1) is 0 Å². The molecular weight excluding hydrogens is 743 g/mol. The normalized spacial score (nSPS) is 12.8. The van der Waals surface area contributed by atoms with Crippen molar-refractivity contribution in [2.24, 2.45) is 0 Å². The first kappa shape index (κ1) is 58.3. The molecule has 0 saturated carbocycles. The van der Waals surface area contributed by atoms with E-state index in [1.807, 2.05) is 0 Å². The number of unbranched alkanes of at least 4 members (excludes halogenated alkanes) is 34. The number of carbonyl (C=O) groups excluding carboxylic acids is 2. The maximum atomic E-state index is 12.4. The van der Waals surface area contributed by atoms with E-state index in [0.717, 1.165) is 57.8 Å². The van der Waals surface area contributed by atoms with Gasteiger partial charge in [-0.15, -0.1) is 0 Å². The minimum atomic E-state index is -0.669. The highest BCUT2D eigenvalue weighted by molar-refractivity contribution is 5.76. The van der Waals surface area contributed by atoms with Crippen molar-refractivity contribution in [3.8, 4) is 0 Å². The summed E-state index contributed by atoms with van der Waals surface area (Å²) in [4.78, 5) is 24.5. The molecule has 1 amide bonds. The topological polar surface area (TPSA) is 95.9 Å². The first-order valence-corrected chi connectivity index (χ1v) is 26.6. The molecule has 6 heteroatoms. The Morgan fingerprint density at radius 2 is 0.833 bits per heavy atom. The Kier molecular flexibility index (Phi) is 48.6. The molecule has 0 rings (SSSR count). The molecule has 0 aromatic rings. The monoisotopic (exact) mass is 846 g/mol. The summed E-state index contributed by atoms with van der Waals surface area (Å²) in [7, 11) is 0. The highest BCUT2D eigenvalue weighted by Gasteiger charge is 2.20. The van der Waals surface area contributed by atoms with Crippen molar-refractivity contribution in [1.29, 1.82) is 0 Å². The van der Waals surface area contributed by atoms with Crippen LogP contribution in [0.25, 0.3) is 0 Å². The molecule has 60 heavy (non-hydrogen) atoms. The van der Waals surface area contributed by atoms with Gasteiger partial charge in [0.15, 0.2) is 0 Å². The van der Waals surface area contributed by atoms with Crippen LogP contribution in [-0.2, 0) is 14.3 Å². The van der Waals surface area contributed by atoms with Gasteiger partial charge in [0.05, 0.1) is 25.4 Å². The van der Waals surface area contributed by atoms with E-state index in [2.05, 4.69) is 43.5 Å². The standard InChI is InChI=1S/C54H103NO5/c1-3-5-7-9-11-13-15-17-18-21-24-28-32-36-40-44-48-54(59)60-49-45-41-37-33-29-25-22-19-20-23-27-31-35-39-43-47-53(58)55-51(50-56)52(57)46-42-38-34-30-26-16-14-12-10-8-6-4-2/h13,15,18,21,51-52,56-57H,3-12,14,16-17,19-20,22-50H2,1-2H3,(H,55,58)/b15-13-,21-18-. The Bertz CT molecular complexity index is 935. The summed E-state index contributed by atoms with van der Waals surface area (Å²) in [6.45, 7) is 4.91. The van der Waals surface area contributed by atoms with Gasteiger partial charge in [0.2, 0.25) is 5.91 Å². The predicted molar refractivity (Wildman–Crippen MR) is 260 cm³/mol. The number of esters is 1. The van der Waals surface area contributed by atoms with Crippen LogP contribution in [0.2, 0.25) is 0 Å². The van der Waals surface area contributed by atoms with Gasteiger partial charge in [-0.2, -0.15) is 0 Å². The zero-order valence-electron chi connectivity index (χ0n) is 40.2. The molecule has 0 spiro atoms. The lowest BCUT2D eigenvalue weighted by molar-refractivity contribution is -0.143. The summed E-state index contributed by atoms with van der Waals surface area (Å²) in [6, 6.07) is -0.547. The quantitative estimate of drug-likeness (QED) is 0.0322. The lowest BCUT2D eigenvalue weighted by Gasteiger charge is -2.22. The van der Waals surface area contributed by atoms with E-state index in [1.165, 1.54) is 193 Å². The van der Waals surface area contributed by atoms with Gasteiger partial charge in [-0.3, -0.25) is 9.59 Å². The minimum Gasteiger partial charge on any atom is -0.466 e. The Morgan fingerprint density at radius 3 is 1.28 bits per heavy atom. The fourth-order valence-corrected chi connectivity index (χ4v) is 8.14. The number of hydrogen-bond acceptors (Lipinski definition) is 5. The molecule has 2 atom stereocenters. The maximum Gasteiger partial charge on any atom is 0.305 e. The molecule has 2 unspecified atom stereocenters. The van der Waals surface area contributed by atoms with Crippen LogP contribution in [0.15, 0.2) is 24.3 Å². The summed E-state index contributed by atoms with van der Waals surface area (Å²) in [5.41, 5.74) is 0. The van der Waals surface area contributed by atoms with Gasteiger partial charge >= 0.3 is 5.97 Å². The molecule has 0 aliphatic heterocycles. The third kappa shape index (κ3) is 45.9. The van der Waals surface area contributed by atoms with Gasteiger partial charge in [0, 0.05) is 12.8 Å². The Balaban J connectivity index is 3.43. The highest BCUT2D eigenvalue weighted by Crippen LogP contribution is 2.16. The summed E-state index contributed by atoms with van der Waals surface area (Å²) >= 11 is 0. The lowest BCUT2D eigenvalue weighted by atomic mass is 10.0. The van der Waals surface area contributed by atoms with Crippen LogP contribution in [0.3, 0.4) is 0 Å². The van der Waals surface area contributed by atoms with Gasteiger partial charge < -0.3 is 20.3 Å². The van der Waals surface area contributed by atoms with Crippen LogP contribution in [0.5, 0.6) is 0 Å². The van der Waals surface area contributed by atoms with Gasteiger partial charge in [-0.05, 0) is 57.8 Å². The zero-order valence-corrected chi connectivity index (χ0v) is 40.2. The van der Waals surface area contributed by atoms with E-state index in [0.29, 0.717) is 25.9 Å². The van der Waals surface area contributed by atoms with Crippen molar-refractivity contribution in [3.05, 3.63) is 24.3 Å². The molecular formula is C54H103NO5. The van der Waals surface area contributed by atoms with E-state index in [1.54, 1.807) is 0 Å². The van der Waals surface area contributed by atoms with Gasteiger partial charge in [-0.25, -0.2) is 0 Å². The Labute approximate surface area is 373 Å². The smallest absolute Gasteiger partial charge is 0.305 e. The summed E-state index contributed by atoms with van der Waals surface area (Å²) in [5.74, 6) is -0.0574. The fraction of sp³-hybridized carbons (Fsp3) is 0.889. The number of rotatable bonds is 49. The summed E-state index contributed by atoms with van der Waals surface area (Å²) in [6.07, 6.45) is 58.6. The third-order valence-electron chi connectivity index (χ3n) is 12.3. The van der Waals surface area contributed by atoms with Gasteiger partial charge in [0.1, 0.15) is 0 Å². The van der Waals surface area contributed by atoms with Crippen LogP contribution >= 0.6 is 0 Å². The molecule has 0 aromatic heterocycles. The van der Waals surface area contributed by atoms with Crippen molar-refractivity contribution in [2.75, 3.05) is 13.2 Å². The minimum absolute atomic E-state index is 0.0129. The first-order valence-electron chi connectivity index (χ1n) is 26.6. The van der Waals surface area contributed by atoms with Crippen molar-refractivity contribution < 1.29 is 24.5 Å². The highest BCUT2D eigenvalue weighted by atomic mass is 16.5. The first-order chi connectivity index (χ1) is 29.5. The number of aliphatic hydroxyl groups excluding tert-OH is 2. The molecule has 0 radical (unpaired) electrons. The zero-order chi connectivity index (χ0) is 43.7. The van der Waals surface area contributed by atoms with E-state index in [4.69, 9.17) is 4.74 Å². The van der Waals surface area contributed by atoms with Crippen molar-refractivity contribution in [1.82, 2.24) is 5.32 Å². The third-order valence-corrected chi connectivity index (χ3v) is 12.3. The molecule has 0 aliphatic carbocycles. The Hall–Kier alpha value is -1.66. The summed E-state index contributed by atoms with van der Waals surface area (Å²) in [5, 5.41) is 23.2. The van der Waals surface area contributed by atoms with E-state index in [-0.39, 0.29) is 18.5 Å².